The number of unbranched alkanes of at least 4 members (excludes halogenated alkanes) is 29. The lowest BCUT2D eigenvalue weighted by Crippen LogP contribution is -2.66. The predicted molar refractivity (Wildman–Crippen MR) is 287 cm³/mol. The molecular weight excluding hydrogens is 987 g/mol. The monoisotopic (exact) mass is 1100 g/mol. The van der Waals surface area contributed by atoms with Gasteiger partial charge < -0.3 is 89.9 Å². The number of hydrogen-bond donors (Lipinski definition) is 12. The molecule has 0 aromatic heterocycles. The Hall–Kier alpha value is -1.21. The second kappa shape index (κ2) is 41.7. The molecule has 0 aromatic carbocycles. The summed E-state index contributed by atoms with van der Waals surface area (Å²) in [4.78, 5) is 13.0. The number of nitrogens with one attached hydrogen (secondary N) is 1. The van der Waals surface area contributed by atoms with E-state index in [9.17, 15) is 61.0 Å². The molecule has 1 amide bonds. The number of hydrogen-bond acceptors (Lipinski definition) is 18. The van der Waals surface area contributed by atoms with Gasteiger partial charge in [-0.15, -0.1) is 0 Å². The third-order valence-electron chi connectivity index (χ3n) is 15.7. The highest BCUT2D eigenvalue weighted by molar-refractivity contribution is 5.76. The van der Waals surface area contributed by atoms with Crippen LogP contribution < -0.4 is 5.32 Å². The van der Waals surface area contributed by atoms with Gasteiger partial charge in [0.25, 0.3) is 0 Å². The minimum absolute atomic E-state index is 0.258. The topological polar surface area (TPSA) is 307 Å². The molecule has 0 aliphatic carbocycles. The van der Waals surface area contributed by atoms with Crippen molar-refractivity contribution in [2.45, 2.75) is 330 Å². The molecule has 17 atom stereocenters. The minimum atomic E-state index is -1.97. The lowest BCUT2D eigenvalue weighted by atomic mass is 9.96. The zero-order chi connectivity index (χ0) is 55.5. The Kier molecular flexibility index (Phi) is 37.9. The predicted octanol–water partition coefficient (Wildman–Crippen LogP) is 5.21. The molecule has 0 spiro atoms. The van der Waals surface area contributed by atoms with E-state index in [1.54, 1.807) is 0 Å². The lowest BCUT2D eigenvalue weighted by molar-refractivity contribution is -0.379. The molecule has 3 saturated heterocycles. The van der Waals surface area contributed by atoms with Gasteiger partial charge in [0.05, 0.1) is 38.6 Å². The maximum atomic E-state index is 13.0. The fraction of sp³-hybridized carbons (Fsp3) is 0.982. The molecular formula is C57H109NO18. The van der Waals surface area contributed by atoms with Gasteiger partial charge in [-0.05, 0) is 12.8 Å². The van der Waals surface area contributed by atoms with E-state index < -0.39 is 124 Å². The van der Waals surface area contributed by atoms with E-state index in [2.05, 4.69) is 19.2 Å². The Morgan fingerprint density at radius 1 is 0.421 bits per heavy atom. The van der Waals surface area contributed by atoms with Crippen molar-refractivity contribution in [3.05, 3.63) is 0 Å². The second-order valence-electron chi connectivity index (χ2n) is 22.2. The Morgan fingerprint density at radius 3 is 1.14 bits per heavy atom. The van der Waals surface area contributed by atoms with Gasteiger partial charge in [-0.3, -0.25) is 4.79 Å². The molecule has 19 nitrogen and oxygen atoms in total. The fourth-order valence-electron chi connectivity index (χ4n) is 10.7. The molecule has 76 heavy (non-hydrogen) atoms. The Labute approximate surface area is 455 Å². The summed E-state index contributed by atoms with van der Waals surface area (Å²) in [6.45, 7) is 1.66. The van der Waals surface area contributed by atoms with Crippen molar-refractivity contribution < 1.29 is 89.4 Å². The molecule has 450 valence electrons. The zero-order valence-electron chi connectivity index (χ0n) is 46.8. The molecule has 0 bridgehead atoms. The quantitative estimate of drug-likeness (QED) is 0.0348. The molecule has 3 aliphatic heterocycles. The average Bonchev–Trinajstić information content (AvgIpc) is 3.42. The number of aliphatic hydroxyl groups excluding tert-OH is 11. The zero-order valence-corrected chi connectivity index (χ0v) is 46.8. The summed E-state index contributed by atoms with van der Waals surface area (Å²) in [5.74, 6) is -0.258. The van der Waals surface area contributed by atoms with Crippen molar-refractivity contribution in [3.63, 3.8) is 0 Å². The van der Waals surface area contributed by atoms with Crippen molar-refractivity contribution in [2.75, 3.05) is 26.4 Å². The molecule has 17 unspecified atom stereocenters. The van der Waals surface area contributed by atoms with Crippen LogP contribution in [0.4, 0.5) is 0 Å². The Balaban J connectivity index is 1.34. The highest BCUT2D eigenvalue weighted by Crippen LogP contribution is 2.33. The van der Waals surface area contributed by atoms with Crippen LogP contribution in [0, 0.1) is 0 Å². The van der Waals surface area contributed by atoms with Crippen molar-refractivity contribution in [2.24, 2.45) is 0 Å². The van der Waals surface area contributed by atoms with Gasteiger partial charge in [-0.25, -0.2) is 0 Å². The first-order valence-corrected chi connectivity index (χ1v) is 30.3. The first-order chi connectivity index (χ1) is 36.8. The van der Waals surface area contributed by atoms with Gasteiger partial charge in [0, 0.05) is 6.42 Å². The van der Waals surface area contributed by atoms with Crippen LogP contribution in [0.15, 0.2) is 0 Å². The molecule has 12 N–H and O–H groups in total. The lowest BCUT2D eigenvalue weighted by Gasteiger charge is -2.48. The van der Waals surface area contributed by atoms with E-state index in [1.165, 1.54) is 148 Å². The van der Waals surface area contributed by atoms with Gasteiger partial charge in [-0.2, -0.15) is 0 Å². The molecule has 3 rings (SSSR count). The smallest absolute Gasteiger partial charge is 0.220 e. The number of amides is 1. The summed E-state index contributed by atoms with van der Waals surface area (Å²) >= 11 is 0. The fourth-order valence-corrected chi connectivity index (χ4v) is 10.7. The van der Waals surface area contributed by atoms with Crippen LogP contribution in [-0.4, -0.2) is 193 Å². The number of carbonyl (C=O) groups excluding carboxylic acids is 1. The molecule has 0 aromatic rings. The summed E-state index contributed by atoms with van der Waals surface area (Å²) < 4.78 is 34.1. The van der Waals surface area contributed by atoms with Crippen LogP contribution in [0.5, 0.6) is 0 Å². The van der Waals surface area contributed by atoms with E-state index in [4.69, 9.17) is 28.4 Å². The summed E-state index contributed by atoms with van der Waals surface area (Å²) in [5.41, 5.74) is 0. The van der Waals surface area contributed by atoms with Crippen LogP contribution in [0.1, 0.15) is 226 Å². The molecule has 3 heterocycles. The molecule has 3 aliphatic rings. The van der Waals surface area contributed by atoms with Crippen LogP contribution in [0.25, 0.3) is 0 Å². The highest BCUT2D eigenvalue weighted by atomic mass is 16.8. The molecule has 0 radical (unpaired) electrons. The second-order valence-corrected chi connectivity index (χ2v) is 22.2. The summed E-state index contributed by atoms with van der Waals surface area (Å²) in [5, 5.41) is 120. The van der Waals surface area contributed by atoms with Crippen LogP contribution in [-0.2, 0) is 33.2 Å². The van der Waals surface area contributed by atoms with E-state index in [0.29, 0.717) is 12.8 Å². The van der Waals surface area contributed by atoms with E-state index in [0.717, 1.165) is 44.9 Å². The number of carbonyl (C=O) groups is 1. The van der Waals surface area contributed by atoms with Crippen molar-refractivity contribution in [3.8, 4) is 0 Å². The van der Waals surface area contributed by atoms with Gasteiger partial charge in [0.1, 0.15) is 73.2 Å². The standard InChI is InChI=1S/C57H109NO18/c1-3-5-7-9-10-11-12-13-14-15-16-17-18-19-20-21-22-23-24-25-26-27-28-29-30-31-32-34-41(62)40(58-45(63)35-33-8-6-4-2)39-71-55-51(69)48(66)53(43(37-60)73-55)76-57-52(70)49(67)54(44(38-61)74-57)75-56-50(68)47(65)46(64)42(36-59)72-56/h40-44,46-57,59-62,64-70H,3-39H2,1-2H3,(H,58,63). The summed E-state index contributed by atoms with van der Waals surface area (Å²) in [7, 11) is 0. The van der Waals surface area contributed by atoms with Crippen LogP contribution in [0.3, 0.4) is 0 Å². The highest BCUT2D eigenvalue weighted by Gasteiger charge is 2.53. The normalized spacial score (nSPS) is 30.9. The van der Waals surface area contributed by atoms with E-state index in [1.807, 2.05) is 0 Å². The van der Waals surface area contributed by atoms with E-state index in [-0.39, 0.29) is 18.9 Å². The Morgan fingerprint density at radius 2 is 0.750 bits per heavy atom. The largest absolute Gasteiger partial charge is 0.394 e. The van der Waals surface area contributed by atoms with Crippen LogP contribution >= 0.6 is 0 Å². The molecule has 19 heteroatoms. The van der Waals surface area contributed by atoms with Gasteiger partial charge >= 0.3 is 0 Å². The maximum absolute atomic E-state index is 13.0. The third-order valence-corrected chi connectivity index (χ3v) is 15.7. The third kappa shape index (κ3) is 25.7. The SMILES string of the molecule is CCCCCCCCCCCCCCCCCCCCCCCCCCCCCC(O)C(COC1OC(CO)C(OC2OC(CO)C(OC3OC(CO)C(O)C(O)C3O)C(O)C2O)C(O)C1O)NC(=O)CCCCCC. The maximum Gasteiger partial charge on any atom is 0.220 e. The van der Waals surface area contributed by atoms with Gasteiger partial charge in [0.2, 0.25) is 5.91 Å². The first-order valence-electron chi connectivity index (χ1n) is 30.3. The Bertz CT molecular complexity index is 1400. The number of aliphatic hydroxyl groups is 11. The van der Waals surface area contributed by atoms with Crippen molar-refractivity contribution in [1.82, 2.24) is 5.32 Å². The van der Waals surface area contributed by atoms with E-state index >= 15 is 0 Å². The average molecular weight is 1100 g/mol. The molecule has 0 saturated carbocycles. The number of ether oxygens (including phenoxy) is 6. The van der Waals surface area contributed by atoms with Crippen molar-refractivity contribution in [1.29, 1.82) is 0 Å². The van der Waals surface area contributed by atoms with Gasteiger partial charge in [-0.1, -0.05) is 206 Å². The van der Waals surface area contributed by atoms with Gasteiger partial charge in [0.15, 0.2) is 18.9 Å². The summed E-state index contributed by atoms with van der Waals surface area (Å²) in [6, 6.07) is -0.877. The molecule has 3 fully saturated rings. The minimum Gasteiger partial charge on any atom is -0.394 e. The van der Waals surface area contributed by atoms with Crippen molar-refractivity contribution >= 4 is 5.91 Å². The van der Waals surface area contributed by atoms with Crippen LogP contribution in [0.2, 0.25) is 0 Å². The number of rotatable bonds is 45. The first kappa shape index (κ1) is 69.1. The summed E-state index contributed by atoms with van der Waals surface area (Å²) in [6.07, 6.45) is 13.1.